The van der Waals surface area contributed by atoms with Crippen molar-refractivity contribution in [2.45, 2.75) is 32.4 Å². The van der Waals surface area contributed by atoms with E-state index in [1.165, 1.54) is 5.56 Å². The number of benzene rings is 2. The van der Waals surface area contributed by atoms with Gasteiger partial charge in [0.25, 0.3) is 5.91 Å². The van der Waals surface area contributed by atoms with Gasteiger partial charge in [0.2, 0.25) is 5.43 Å². The predicted octanol–water partition coefficient (Wildman–Crippen LogP) is 3.69. The Bertz CT molecular complexity index is 1420. The van der Waals surface area contributed by atoms with E-state index in [4.69, 9.17) is 0 Å². The number of nitrogens with zero attached hydrogens (tertiary/aromatic N) is 4. The first-order valence-corrected chi connectivity index (χ1v) is 11.1. The van der Waals surface area contributed by atoms with E-state index in [-0.39, 0.29) is 17.7 Å². The number of carbonyl (C=O) groups excluding carboxylic acids is 1. The highest BCUT2D eigenvalue weighted by atomic mass is 16.3. The number of aryl methyl sites for hydroxylation is 2. The molecule has 2 aromatic heterocycles. The van der Waals surface area contributed by atoms with E-state index in [1.807, 2.05) is 18.2 Å². The first kappa shape index (κ1) is 21.0. The van der Waals surface area contributed by atoms with E-state index in [9.17, 15) is 14.7 Å². The van der Waals surface area contributed by atoms with Crippen molar-refractivity contribution >= 4 is 16.8 Å². The topological polar surface area (TPSA) is 80.4 Å². The van der Waals surface area contributed by atoms with Gasteiger partial charge >= 0.3 is 0 Å². The van der Waals surface area contributed by atoms with Crippen LogP contribution >= 0.6 is 0 Å². The Morgan fingerprint density at radius 2 is 1.91 bits per heavy atom. The highest BCUT2D eigenvalue weighted by Gasteiger charge is 2.39. The number of amides is 1. The van der Waals surface area contributed by atoms with Crippen molar-refractivity contribution in [2.75, 3.05) is 13.6 Å². The second-order valence-electron chi connectivity index (χ2n) is 8.68. The summed E-state index contributed by atoms with van der Waals surface area (Å²) in [6.07, 6.45) is 3.27. The minimum Gasteiger partial charge on any atom is -0.502 e. The monoisotopic (exact) mass is 442 g/mol. The lowest BCUT2D eigenvalue weighted by Gasteiger charge is -2.37. The fourth-order valence-corrected chi connectivity index (χ4v) is 4.99. The first-order valence-electron chi connectivity index (χ1n) is 11.1. The molecule has 168 valence electrons. The van der Waals surface area contributed by atoms with Crippen molar-refractivity contribution in [1.29, 1.82) is 0 Å². The standard InChI is InChI=1S/C26H26N4O3/c1-4-29-14-19(18-11-10-16(2)12-20(18)29)23(17-8-6-5-7-9-17)21-15-28(3)26(33)24-25(32)22(31)13-27-30(21)24/h5-14,21,23,32H,4,15H2,1-3H3. The van der Waals surface area contributed by atoms with Gasteiger partial charge in [-0.1, -0.05) is 42.5 Å². The molecule has 0 spiro atoms. The molecule has 0 radical (unpaired) electrons. The third-order valence-electron chi connectivity index (χ3n) is 6.60. The largest absolute Gasteiger partial charge is 0.502 e. The van der Waals surface area contributed by atoms with Crippen LogP contribution in [0, 0.1) is 6.92 Å². The number of aromatic nitrogens is 3. The highest BCUT2D eigenvalue weighted by Crippen LogP contribution is 2.42. The molecule has 4 aromatic rings. The fraction of sp³-hybridized carbons (Fsp3) is 0.269. The van der Waals surface area contributed by atoms with Gasteiger partial charge in [-0.15, -0.1) is 0 Å². The fourth-order valence-electron chi connectivity index (χ4n) is 4.99. The zero-order valence-electron chi connectivity index (χ0n) is 18.9. The van der Waals surface area contributed by atoms with E-state index < -0.39 is 17.1 Å². The van der Waals surface area contributed by atoms with Gasteiger partial charge in [-0.2, -0.15) is 5.10 Å². The Morgan fingerprint density at radius 3 is 2.64 bits per heavy atom. The molecule has 0 saturated heterocycles. The van der Waals surface area contributed by atoms with Crippen molar-refractivity contribution in [3.8, 4) is 5.75 Å². The van der Waals surface area contributed by atoms with Crippen molar-refractivity contribution in [3.05, 3.63) is 93.5 Å². The third-order valence-corrected chi connectivity index (χ3v) is 6.60. The Labute approximate surface area is 191 Å². The molecule has 3 heterocycles. The minimum absolute atomic E-state index is 0.0581. The first-order chi connectivity index (χ1) is 15.9. The molecule has 0 aliphatic carbocycles. The number of hydrogen-bond donors (Lipinski definition) is 1. The summed E-state index contributed by atoms with van der Waals surface area (Å²) in [6, 6.07) is 16.3. The van der Waals surface area contributed by atoms with Gasteiger partial charge < -0.3 is 14.6 Å². The summed E-state index contributed by atoms with van der Waals surface area (Å²) in [5.41, 5.74) is 3.83. The molecule has 1 N–H and O–H groups in total. The maximum atomic E-state index is 12.9. The summed E-state index contributed by atoms with van der Waals surface area (Å²) >= 11 is 0. The average Bonchev–Trinajstić information content (AvgIpc) is 3.17. The Balaban J connectivity index is 1.80. The van der Waals surface area contributed by atoms with E-state index >= 15 is 0 Å². The van der Waals surface area contributed by atoms with E-state index in [0.717, 1.165) is 34.8 Å². The number of rotatable bonds is 4. The zero-order chi connectivity index (χ0) is 23.3. The number of carbonyl (C=O) groups is 1. The van der Waals surface area contributed by atoms with Gasteiger partial charge in [-0.3, -0.25) is 14.3 Å². The maximum Gasteiger partial charge on any atom is 0.275 e. The van der Waals surface area contributed by atoms with Crippen LogP contribution in [0.1, 0.15) is 46.1 Å². The molecule has 7 nitrogen and oxygen atoms in total. The van der Waals surface area contributed by atoms with Crippen molar-refractivity contribution in [1.82, 2.24) is 19.2 Å². The lowest BCUT2D eigenvalue weighted by atomic mass is 9.83. The minimum atomic E-state index is -0.655. The van der Waals surface area contributed by atoms with Crippen LogP contribution in [0.3, 0.4) is 0 Å². The van der Waals surface area contributed by atoms with Crippen LogP contribution in [0.25, 0.3) is 10.9 Å². The van der Waals surface area contributed by atoms with E-state index in [0.29, 0.717) is 6.54 Å². The molecular formula is C26H26N4O3. The second-order valence-corrected chi connectivity index (χ2v) is 8.68. The molecule has 2 aromatic carbocycles. The summed E-state index contributed by atoms with van der Waals surface area (Å²) in [5.74, 6) is -1.12. The Hall–Kier alpha value is -3.87. The smallest absolute Gasteiger partial charge is 0.275 e. The molecule has 5 rings (SSSR count). The van der Waals surface area contributed by atoms with Crippen LogP contribution in [0.4, 0.5) is 0 Å². The van der Waals surface area contributed by atoms with Crippen molar-refractivity contribution in [3.63, 3.8) is 0 Å². The van der Waals surface area contributed by atoms with Gasteiger partial charge in [0, 0.05) is 43.2 Å². The van der Waals surface area contributed by atoms with Gasteiger partial charge in [0.1, 0.15) is 0 Å². The SMILES string of the molecule is CCn1cc(C(c2ccccc2)C2CN(C)C(=O)c3c(O)c(=O)cnn32)c2ccc(C)cc21. The quantitative estimate of drug-likeness (QED) is 0.523. The summed E-state index contributed by atoms with van der Waals surface area (Å²) in [5, 5.41) is 16.0. The molecular weight excluding hydrogens is 416 g/mol. The molecule has 7 heteroatoms. The van der Waals surface area contributed by atoms with Crippen molar-refractivity contribution < 1.29 is 9.90 Å². The van der Waals surface area contributed by atoms with Gasteiger partial charge in [-0.05, 0) is 36.6 Å². The number of hydrogen-bond acceptors (Lipinski definition) is 4. The number of likely N-dealkylation sites (N-methyl/N-ethyl adjacent to an activating group) is 1. The summed E-state index contributed by atoms with van der Waals surface area (Å²) in [6.45, 7) is 5.43. The third kappa shape index (κ3) is 3.31. The Morgan fingerprint density at radius 1 is 1.15 bits per heavy atom. The van der Waals surface area contributed by atoms with Crippen LogP contribution in [-0.4, -0.2) is 43.9 Å². The maximum absolute atomic E-state index is 12.9. The van der Waals surface area contributed by atoms with Gasteiger partial charge in [-0.25, -0.2) is 0 Å². The molecule has 0 saturated carbocycles. The van der Waals surface area contributed by atoms with Crippen LogP contribution in [0.5, 0.6) is 5.75 Å². The van der Waals surface area contributed by atoms with Crippen LogP contribution in [0.2, 0.25) is 0 Å². The number of fused-ring (bicyclic) bond motifs is 2. The lowest BCUT2D eigenvalue weighted by molar-refractivity contribution is 0.0686. The lowest BCUT2D eigenvalue weighted by Crippen LogP contribution is -2.45. The van der Waals surface area contributed by atoms with Gasteiger partial charge in [0.15, 0.2) is 11.4 Å². The van der Waals surface area contributed by atoms with Crippen LogP contribution in [0.15, 0.2) is 65.7 Å². The average molecular weight is 443 g/mol. The number of aromatic hydroxyl groups is 1. The van der Waals surface area contributed by atoms with Gasteiger partial charge in [0.05, 0.1) is 12.2 Å². The molecule has 0 fully saturated rings. The summed E-state index contributed by atoms with van der Waals surface area (Å²) < 4.78 is 3.78. The molecule has 2 unspecified atom stereocenters. The summed E-state index contributed by atoms with van der Waals surface area (Å²) in [4.78, 5) is 26.6. The summed E-state index contributed by atoms with van der Waals surface area (Å²) in [7, 11) is 1.69. The van der Waals surface area contributed by atoms with Crippen molar-refractivity contribution in [2.24, 2.45) is 0 Å². The Kier molecular flexibility index (Phi) is 5.04. The molecule has 0 bridgehead atoms. The van der Waals surface area contributed by atoms with E-state index in [2.05, 4.69) is 60.0 Å². The normalized spacial score (nSPS) is 16.8. The van der Waals surface area contributed by atoms with Crippen LogP contribution < -0.4 is 5.43 Å². The van der Waals surface area contributed by atoms with E-state index in [1.54, 1.807) is 16.6 Å². The molecule has 2 atom stereocenters. The molecule has 1 aliphatic rings. The predicted molar refractivity (Wildman–Crippen MR) is 127 cm³/mol. The molecule has 33 heavy (non-hydrogen) atoms. The second kappa shape index (κ2) is 7.92. The van der Waals surface area contributed by atoms with Crippen LogP contribution in [-0.2, 0) is 6.54 Å². The zero-order valence-corrected chi connectivity index (χ0v) is 18.9. The highest BCUT2D eigenvalue weighted by molar-refractivity contribution is 5.95. The molecule has 1 aliphatic heterocycles. The molecule has 1 amide bonds.